The van der Waals surface area contributed by atoms with Gasteiger partial charge in [0, 0.05) is 31.5 Å². The minimum Gasteiger partial charge on any atom is -0.486 e. The monoisotopic (exact) mass is 491 g/mol. The molecule has 6 nitrogen and oxygen atoms in total. The van der Waals surface area contributed by atoms with Crippen LogP contribution in [0.4, 0.5) is 0 Å². The van der Waals surface area contributed by atoms with Gasteiger partial charge in [0.15, 0.2) is 17.0 Å². The van der Waals surface area contributed by atoms with Gasteiger partial charge >= 0.3 is 0 Å². The van der Waals surface area contributed by atoms with E-state index in [1.165, 1.54) is 12.8 Å². The van der Waals surface area contributed by atoms with Crippen molar-refractivity contribution in [3.63, 3.8) is 0 Å². The average molecular weight is 492 g/mol. The Morgan fingerprint density at radius 3 is 2.38 bits per heavy atom. The highest BCUT2D eigenvalue weighted by Crippen LogP contribution is 2.38. The molecule has 2 heterocycles. The molecule has 0 spiro atoms. The number of ether oxygens (including phenoxy) is 2. The Morgan fingerprint density at radius 2 is 1.65 bits per heavy atom. The van der Waals surface area contributed by atoms with Crippen molar-refractivity contribution >= 4 is 19.9 Å². The largest absolute Gasteiger partial charge is 0.486 e. The zero-order valence-electron chi connectivity index (χ0n) is 20.7. The van der Waals surface area contributed by atoms with Gasteiger partial charge in [-0.15, -0.1) is 0 Å². The number of unbranched alkanes of at least 4 members (excludes halogenated alkanes) is 4. The summed E-state index contributed by atoms with van der Waals surface area (Å²) in [5.41, 5.74) is 0.936. The van der Waals surface area contributed by atoms with Crippen molar-refractivity contribution in [2.45, 2.75) is 89.3 Å². The third-order valence-corrected chi connectivity index (χ3v) is 8.15. The third kappa shape index (κ3) is 8.94. The zero-order valence-corrected chi connectivity index (χ0v) is 21.7. The van der Waals surface area contributed by atoms with Gasteiger partial charge in [0.05, 0.1) is 6.10 Å². The van der Waals surface area contributed by atoms with E-state index in [-0.39, 0.29) is 19.8 Å². The second-order valence-corrected chi connectivity index (χ2v) is 11.2. The number of carbonyl (C=O) groups is 2. The summed E-state index contributed by atoms with van der Waals surface area (Å²) in [5.74, 6) is 1.76. The van der Waals surface area contributed by atoms with Gasteiger partial charge < -0.3 is 19.5 Å². The van der Waals surface area contributed by atoms with Crippen molar-refractivity contribution in [1.29, 1.82) is 0 Å². The molecule has 7 heteroatoms. The molecule has 0 amide bonds. The molecule has 0 saturated carbocycles. The molecule has 1 fully saturated rings. The Bertz CT molecular complexity index is 780. The zero-order chi connectivity index (χ0) is 24.2. The molecule has 3 unspecified atom stereocenters. The van der Waals surface area contributed by atoms with Crippen molar-refractivity contribution < 1.29 is 24.2 Å². The van der Waals surface area contributed by atoms with Crippen molar-refractivity contribution in [2.75, 3.05) is 32.8 Å². The highest BCUT2D eigenvalue weighted by Gasteiger charge is 2.28. The molecule has 1 N–H and O–H groups in total. The predicted octanol–water partition coefficient (Wildman–Crippen LogP) is 5.26. The van der Waals surface area contributed by atoms with Crippen molar-refractivity contribution in [3.05, 3.63) is 23.8 Å². The van der Waals surface area contributed by atoms with Gasteiger partial charge in [0.2, 0.25) is 0 Å². The molecule has 190 valence electrons. The van der Waals surface area contributed by atoms with Crippen LogP contribution in [0.5, 0.6) is 11.5 Å². The SMILES string of the molecule is CCCCC(=O)CCCCCCC(=O)PC(CN1CCCC1)C(O)c1ccc2c(c1)OCCO2. The van der Waals surface area contributed by atoms with Crippen LogP contribution in [0, 0.1) is 0 Å². The molecule has 0 bridgehead atoms. The number of carbonyl (C=O) groups excluding carboxylic acids is 2. The van der Waals surface area contributed by atoms with E-state index in [1.54, 1.807) is 0 Å². The van der Waals surface area contributed by atoms with Crippen molar-refractivity contribution in [1.82, 2.24) is 4.90 Å². The summed E-state index contributed by atoms with van der Waals surface area (Å²) in [6, 6.07) is 5.62. The quantitative estimate of drug-likeness (QED) is 0.251. The Morgan fingerprint density at radius 1 is 0.971 bits per heavy atom. The lowest BCUT2D eigenvalue weighted by molar-refractivity contribution is -0.119. The first-order chi connectivity index (χ1) is 16.6. The molecule has 0 aliphatic carbocycles. The van der Waals surface area contributed by atoms with Crippen LogP contribution in [-0.4, -0.2) is 59.8 Å². The lowest BCUT2D eigenvalue weighted by atomic mass is 10.0. The summed E-state index contributed by atoms with van der Waals surface area (Å²) in [5, 5.41) is 11.2. The normalized spacial score (nSPS) is 17.8. The Balaban J connectivity index is 1.47. The number of nitrogens with zero attached hydrogens (tertiary/aromatic N) is 1. The molecule has 1 aromatic rings. The fourth-order valence-corrected chi connectivity index (χ4v) is 6.12. The summed E-state index contributed by atoms with van der Waals surface area (Å²) in [4.78, 5) is 27.0. The fourth-order valence-electron chi connectivity index (χ4n) is 4.68. The molecule has 3 atom stereocenters. The van der Waals surface area contributed by atoms with E-state index in [9.17, 15) is 14.7 Å². The number of aliphatic hydroxyl groups is 1. The second-order valence-electron chi connectivity index (χ2n) is 9.59. The van der Waals surface area contributed by atoms with E-state index in [4.69, 9.17) is 9.47 Å². The maximum absolute atomic E-state index is 12.8. The molecular formula is C27H42NO5P. The first-order valence-electron chi connectivity index (χ1n) is 13.2. The molecule has 2 aliphatic heterocycles. The molecule has 0 aromatic heterocycles. The number of fused-ring (bicyclic) bond motifs is 1. The van der Waals surface area contributed by atoms with Crippen LogP contribution in [0.15, 0.2) is 18.2 Å². The molecule has 0 radical (unpaired) electrons. The summed E-state index contributed by atoms with van der Waals surface area (Å²) in [6.07, 6.45) is 9.46. The van der Waals surface area contributed by atoms with E-state index < -0.39 is 6.10 Å². The van der Waals surface area contributed by atoms with Crippen LogP contribution in [0.2, 0.25) is 0 Å². The molecule has 3 rings (SSSR count). The van der Waals surface area contributed by atoms with Gasteiger partial charge in [0.25, 0.3) is 0 Å². The number of hydrogen-bond acceptors (Lipinski definition) is 6. The Labute approximate surface area is 206 Å². The van der Waals surface area contributed by atoms with E-state index >= 15 is 0 Å². The Hall–Kier alpha value is -1.49. The highest BCUT2D eigenvalue weighted by molar-refractivity contribution is 7.58. The van der Waals surface area contributed by atoms with E-state index in [1.807, 2.05) is 18.2 Å². The second kappa shape index (κ2) is 14.8. The van der Waals surface area contributed by atoms with Crippen LogP contribution in [0.1, 0.15) is 89.2 Å². The standard InChI is InChI=1S/C27H42NO5P/c1-2-3-10-22(29)11-6-4-5-7-12-26(30)34-25(20-28-15-8-9-16-28)27(31)21-13-14-23-24(19-21)33-18-17-32-23/h13-14,19,25,27,31,34H,2-12,15-18,20H2,1H3. The van der Waals surface area contributed by atoms with E-state index in [2.05, 4.69) is 11.8 Å². The number of hydrogen-bond donors (Lipinski definition) is 1. The van der Waals surface area contributed by atoms with Gasteiger partial charge in [-0.05, 0) is 71.5 Å². The maximum Gasteiger partial charge on any atom is 0.161 e. The molecule has 2 aliphatic rings. The summed E-state index contributed by atoms with van der Waals surface area (Å²) < 4.78 is 11.3. The summed E-state index contributed by atoms with van der Waals surface area (Å²) in [6.45, 7) is 5.99. The molecule has 1 aromatic carbocycles. The Kier molecular flexibility index (Phi) is 11.8. The van der Waals surface area contributed by atoms with Crippen LogP contribution < -0.4 is 9.47 Å². The first-order valence-corrected chi connectivity index (χ1v) is 14.3. The number of likely N-dealkylation sites (tertiary alicyclic amines) is 1. The van der Waals surface area contributed by atoms with Gasteiger partial charge in [-0.1, -0.05) is 32.3 Å². The molecule has 1 saturated heterocycles. The number of benzene rings is 1. The van der Waals surface area contributed by atoms with Crippen molar-refractivity contribution in [3.8, 4) is 11.5 Å². The third-order valence-electron chi connectivity index (χ3n) is 6.71. The summed E-state index contributed by atoms with van der Waals surface area (Å²) in [7, 11) is 0.0897. The minimum absolute atomic E-state index is 0.0897. The van der Waals surface area contributed by atoms with Crippen LogP contribution in [-0.2, 0) is 9.59 Å². The number of rotatable bonds is 16. The van der Waals surface area contributed by atoms with E-state index in [0.717, 1.165) is 63.7 Å². The fraction of sp³-hybridized carbons (Fsp3) is 0.704. The smallest absolute Gasteiger partial charge is 0.161 e. The van der Waals surface area contributed by atoms with Crippen LogP contribution in [0.25, 0.3) is 0 Å². The lowest BCUT2D eigenvalue weighted by Crippen LogP contribution is -2.32. The number of ketones is 1. The summed E-state index contributed by atoms with van der Waals surface area (Å²) >= 11 is 0. The highest BCUT2D eigenvalue weighted by atomic mass is 31.1. The minimum atomic E-state index is -0.701. The predicted molar refractivity (Wildman–Crippen MR) is 137 cm³/mol. The molecule has 34 heavy (non-hydrogen) atoms. The van der Waals surface area contributed by atoms with Crippen LogP contribution in [0.3, 0.4) is 0 Å². The van der Waals surface area contributed by atoms with Gasteiger partial charge in [0.1, 0.15) is 19.0 Å². The van der Waals surface area contributed by atoms with Gasteiger partial charge in [-0.3, -0.25) is 9.59 Å². The maximum atomic E-state index is 12.8. The topological polar surface area (TPSA) is 76.1 Å². The number of aliphatic hydroxyl groups excluding tert-OH is 1. The van der Waals surface area contributed by atoms with Crippen molar-refractivity contribution in [2.24, 2.45) is 0 Å². The van der Waals surface area contributed by atoms with Gasteiger partial charge in [-0.2, -0.15) is 0 Å². The van der Waals surface area contributed by atoms with Gasteiger partial charge in [-0.25, -0.2) is 0 Å². The van der Waals surface area contributed by atoms with Crippen LogP contribution >= 0.6 is 8.58 Å². The van der Waals surface area contributed by atoms with E-state index in [0.29, 0.717) is 49.8 Å². The lowest BCUT2D eigenvalue weighted by Gasteiger charge is -2.28. The average Bonchev–Trinajstić information content (AvgIpc) is 3.37. The molecular weight excluding hydrogens is 449 g/mol. The first kappa shape index (κ1) is 27.1. The number of Topliss-reactive ketones (excluding diaryl/α,β-unsaturated/α-hetero) is 1.